The molecular weight excluding hydrogens is 352 g/mol. The molecule has 2 atom stereocenters. The Hall–Kier alpha value is -2.82. The summed E-state index contributed by atoms with van der Waals surface area (Å²) in [6, 6.07) is 15.5. The normalized spacial score (nSPS) is 19.4. The first-order valence-corrected chi connectivity index (χ1v) is 9.80. The van der Waals surface area contributed by atoms with Gasteiger partial charge in [-0.05, 0) is 49.1 Å². The monoisotopic (exact) mass is 380 g/mol. The van der Waals surface area contributed by atoms with Gasteiger partial charge in [0.25, 0.3) is 0 Å². The quantitative estimate of drug-likeness (QED) is 0.833. The maximum Gasteiger partial charge on any atom is 0.225 e. The molecule has 1 fully saturated rings. The number of rotatable bonds is 6. The van der Waals surface area contributed by atoms with Crippen LogP contribution in [0.1, 0.15) is 42.5 Å². The summed E-state index contributed by atoms with van der Waals surface area (Å²) in [7, 11) is 1.63. The molecule has 5 nitrogen and oxygen atoms in total. The number of aryl methyl sites for hydroxylation is 1. The number of nitrogens with one attached hydrogen (secondary N) is 1. The van der Waals surface area contributed by atoms with Crippen LogP contribution >= 0.6 is 0 Å². The Morgan fingerprint density at radius 3 is 2.71 bits per heavy atom. The zero-order valence-electron chi connectivity index (χ0n) is 16.8. The van der Waals surface area contributed by atoms with E-state index in [-0.39, 0.29) is 23.8 Å². The number of carbonyl (C=O) groups is 2. The van der Waals surface area contributed by atoms with Gasteiger partial charge in [0.2, 0.25) is 11.8 Å². The van der Waals surface area contributed by atoms with Crippen molar-refractivity contribution in [3.05, 3.63) is 65.2 Å². The first-order valence-electron chi connectivity index (χ1n) is 9.80. The number of methoxy groups -OCH3 is 1. The Labute approximate surface area is 166 Å². The lowest BCUT2D eigenvalue weighted by atomic mass is 9.82. The molecule has 148 valence electrons. The van der Waals surface area contributed by atoms with Gasteiger partial charge in [-0.15, -0.1) is 0 Å². The fourth-order valence-electron chi connectivity index (χ4n) is 4.01. The van der Waals surface area contributed by atoms with E-state index in [1.165, 1.54) is 0 Å². The molecule has 2 aromatic carbocycles. The largest absolute Gasteiger partial charge is 0.497 e. The molecule has 1 N–H and O–H groups in total. The minimum Gasteiger partial charge on any atom is -0.497 e. The number of carbonyl (C=O) groups excluding carboxylic acids is 2. The highest BCUT2D eigenvalue weighted by molar-refractivity contribution is 5.85. The molecule has 0 aromatic heterocycles. The van der Waals surface area contributed by atoms with Gasteiger partial charge in [0, 0.05) is 19.5 Å². The van der Waals surface area contributed by atoms with Gasteiger partial charge < -0.3 is 15.0 Å². The van der Waals surface area contributed by atoms with Crippen molar-refractivity contribution in [2.24, 2.45) is 5.92 Å². The molecule has 0 saturated carbocycles. The average Bonchev–Trinajstić information content (AvgIpc) is 2.72. The second-order valence-corrected chi connectivity index (χ2v) is 7.20. The third kappa shape index (κ3) is 4.19. The average molecular weight is 380 g/mol. The summed E-state index contributed by atoms with van der Waals surface area (Å²) >= 11 is 0. The summed E-state index contributed by atoms with van der Waals surface area (Å²) in [6.07, 6.45) is 0.978. The molecule has 0 bridgehead atoms. The van der Waals surface area contributed by atoms with E-state index in [0.29, 0.717) is 25.9 Å². The van der Waals surface area contributed by atoms with Crippen molar-refractivity contribution in [2.45, 2.75) is 39.3 Å². The summed E-state index contributed by atoms with van der Waals surface area (Å²) in [6.45, 7) is 5.04. The summed E-state index contributed by atoms with van der Waals surface area (Å²) in [5, 5.41) is 3.07. The van der Waals surface area contributed by atoms with Crippen molar-refractivity contribution in [3.8, 4) is 5.75 Å². The predicted octanol–water partition coefficient (Wildman–Crippen LogP) is 3.62. The number of ether oxygens (including phenoxy) is 1. The second kappa shape index (κ2) is 8.91. The smallest absolute Gasteiger partial charge is 0.225 e. The number of hydrogen-bond donors (Lipinski definition) is 1. The lowest BCUT2D eigenvalue weighted by Gasteiger charge is -2.41. The van der Waals surface area contributed by atoms with Crippen LogP contribution in [0.4, 0.5) is 0 Å². The van der Waals surface area contributed by atoms with Crippen LogP contribution in [0.5, 0.6) is 5.75 Å². The number of hydrogen-bond acceptors (Lipinski definition) is 3. The summed E-state index contributed by atoms with van der Waals surface area (Å²) in [4.78, 5) is 27.5. The number of piperidine rings is 1. The van der Waals surface area contributed by atoms with E-state index in [0.717, 1.165) is 22.4 Å². The molecule has 1 aliphatic heterocycles. The molecule has 3 rings (SSSR count). The summed E-state index contributed by atoms with van der Waals surface area (Å²) in [5.41, 5.74) is 3.14. The lowest BCUT2D eigenvalue weighted by molar-refractivity contribution is -0.143. The highest BCUT2D eigenvalue weighted by Crippen LogP contribution is 2.38. The van der Waals surface area contributed by atoms with E-state index in [1.807, 2.05) is 67.3 Å². The van der Waals surface area contributed by atoms with Crippen LogP contribution in [0.2, 0.25) is 0 Å². The van der Waals surface area contributed by atoms with Crippen LogP contribution in [0, 0.1) is 12.8 Å². The molecule has 0 spiro atoms. The molecule has 2 amide bonds. The van der Waals surface area contributed by atoms with Gasteiger partial charge in [0.1, 0.15) is 5.75 Å². The molecule has 28 heavy (non-hydrogen) atoms. The Morgan fingerprint density at radius 1 is 1.21 bits per heavy atom. The van der Waals surface area contributed by atoms with Gasteiger partial charge >= 0.3 is 0 Å². The minimum atomic E-state index is -0.260. The molecule has 5 heteroatoms. The van der Waals surface area contributed by atoms with Crippen LogP contribution in [0.25, 0.3) is 0 Å². The third-order valence-corrected chi connectivity index (χ3v) is 5.49. The highest BCUT2D eigenvalue weighted by atomic mass is 16.5. The molecule has 2 aromatic rings. The predicted molar refractivity (Wildman–Crippen MR) is 109 cm³/mol. The Kier molecular flexibility index (Phi) is 6.34. The third-order valence-electron chi connectivity index (χ3n) is 5.49. The number of amides is 2. The van der Waals surface area contributed by atoms with Gasteiger partial charge in [-0.2, -0.15) is 0 Å². The summed E-state index contributed by atoms with van der Waals surface area (Å²) < 4.78 is 5.25. The van der Waals surface area contributed by atoms with E-state index in [4.69, 9.17) is 4.74 Å². The van der Waals surface area contributed by atoms with Gasteiger partial charge in [-0.1, -0.05) is 36.4 Å². The molecule has 0 radical (unpaired) electrons. The molecule has 0 unspecified atom stereocenters. The van der Waals surface area contributed by atoms with Crippen molar-refractivity contribution in [3.63, 3.8) is 0 Å². The fourth-order valence-corrected chi connectivity index (χ4v) is 4.01. The molecule has 1 aliphatic rings. The van der Waals surface area contributed by atoms with Crippen LogP contribution in [0.3, 0.4) is 0 Å². The first-order chi connectivity index (χ1) is 13.5. The van der Waals surface area contributed by atoms with E-state index in [1.54, 1.807) is 7.11 Å². The fraction of sp³-hybridized carbons (Fsp3) is 0.391. The van der Waals surface area contributed by atoms with E-state index >= 15 is 0 Å². The van der Waals surface area contributed by atoms with Crippen molar-refractivity contribution >= 4 is 11.8 Å². The lowest BCUT2D eigenvalue weighted by Crippen LogP contribution is -2.48. The molecule has 1 heterocycles. The SMILES string of the molecule is CCN1C(=O)CC[C@@H](C(=O)NCc2cccc(OC)c2)[C@@H]1c1ccccc1C. The van der Waals surface area contributed by atoms with Crippen molar-refractivity contribution in [1.29, 1.82) is 0 Å². The molecular formula is C23H28N2O3. The van der Waals surface area contributed by atoms with Crippen molar-refractivity contribution in [1.82, 2.24) is 10.2 Å². The zero-order valence-corrected chi connectivity index (χ0v) is 16.8. The Bertz CT molecular complexity index is 849. The van der Waals surface area contributed by atoms with Crippen LogP contribution in [-0.4, -0.2) is 30.4 Å². The Balaban J connectivity index is 1.81. The maximum atomic E-state index is 13.1. The van der Waals surface area contributed by atoms with E-state index in [9.17, 15) is 9.59 Å². The van der Waals surface area contributed by atoms with Gasteiger partial charge in [0.15, 0.2) is 0 Å². The van der Waals surface area contributed by atoms with Gasteiger partial charge in [-0.25, -0.2) is 0 Å². The second-order valence-electron chi connectivity index (χ2n) is 7.20. The first kappa shape index (κ1) is 19.9. The number of benzene rings is 2. The van der Waals surface area contributed by atoms with Crippen LogP contribution in [0.15, 0.2) is 48.5 Å². The van der Waals surface area contributed by atoms with Crippen LogP contribution in [-0.2, 0) is 16.1 Å². The maximum absolute atomic E-state index is 13.1. The van der Waals surface area contributed by atoms with Gasteiger partial charge in [0.05, 0.1) is 19.1 Å². The standard InChI is InChI=1S/C23H28N2O3/c1-4-25-21(26)13-12-20(22(25)19-11-6-5-8-16(19)2)23(27)24-15-17-9-7-10-18(14-17)28-3/h5-11,14,20,22H,4,12-13,15H2,1-3H3,(H,24,27)/t20-,22+/m1/s1. The van der Waals surface area contributed by atoms with Crippen molar-refractivity contribution in [2.75, 3.05) is 13.7 Å². The van der Waals surface area contributed by atoms with E-state index < -0.39 is 0 Å². The molecule has 1 saturated heterocycles. The van der Waals surface area contributed by atoms with E-state index in [2.05, 4.69) is 5.32 Å². The van der Waals surface area contributed by atoms with Crippen LogP contribution < -0.4 is 10.1 Å². The molecule has 0 aliphatic carbocycles. The zero-order chi connectivity index (χ0) is 20.1. The van der Waals surface area contributed by atoms with Crippen molar-refractivity contribution < 1.29 is 14.3 Å². The number of likely N-dealkylation sites (tertiary alicyclic amines) is 1. The highest BCUT2D eigenvalue weighted by Gasteiger charge is 2.40. The minimum absolute atomic E-state index is 0.0120. The van der Waals surface area contributed by atoms with Gasteiger partial charge in [-0.3, -0.25) is 9.59 Å². The number of nitrogens with zero attached hydrogens (tertiary/aromatic N) is 1. The Morgan fingerprint density at radius 2 is 2.00 bits per heavy atom. The topological polar surface area (TPSA) is 58.6 Å². The summed E-state index contributed by atoms with van der Waals surface area (Å²) in [5.74, 6) is 0.615.